The molecule has 1 unspecified atom stereocenters. The first-order valence-corrected chi connectivity index (χ1v) is 12.1. The highest BCUT2D eigenvalue weighted by molar-refractivity contribution is 9.10. The molecule has 1 aromatic heterocycles. The maximum absolute atomic E-state index is 12.4. The number of nitrogens with zero attached hydrogens (tertiary/aromatic N) is 2. The van der Waals surface area contributed by atoms with Crippen molar-refractivity contribution in [3.8, 4) is 0 Å². The summed E-state index contributed by atoms with van der Waals surface area (Å²) in [5, 5.41) is 5.60. The fourth-order valence-corrected chi connectivity index (χ4v) is 7.16. The molecule has 3 heterocycles. The summed E-state index contributed by atoms with van der Waals surface area (Å²) < 4.78 is 25.8. The van der Waals surface area contributed by atoms with Crippen LogP contribution in [0.15, 0.2) is 22.8 Å². The van der Waals surface area contributed by atoms with Crippen LogP contribution in [0.1, 0.15) is 25.3 Å². The molecule has 27 heavy (non-hydrogen) atoms. The molecular formula is C19H23BrClN3O2S. The minimum Gasteiger partial charge on any atom is -0.370 e. The molecule has 2 aliphatic rings. The van der Waals surface area contributed by atoms with Gasteiger partial charge >= 0.3 is 0 Å². The normalized spacial score (nSPS) is 23.0. The lowest BCUT2D eigenvalue weighted by Gasteiger charge is -2.46. The second-order valence-corrected chi connectivity index (χ2v) is 11.4. The number of hydrogen-bond acceptors (Lipinski definition) is 5. The van der Waals surface area contributed by atoms with Crippen molar-refractivity contribution in [2.75, 3.05) is 36.8 Å². The number of fused-ring (bicyclic) bond motifs is 1. The molecule has 1 aromatic carbocycles. The molecule has 8 heteroatoms. The van der Waals surface area contributed by atoms with Crippen molar-refractivity contribution >= 4 is 53.8 Å². The van der Waals surface area contributed by atoms with E-state index in [0.717, 1.165) is 34.0 Å². The van der Waals surface area contributed by atoms with Crippen molar-refractivity contribution in [1.82, 2.24) is 10.3 Å². The Kier molecular flexibility index (Phi) is 5.16. The number of anilines is 1. The van der Waals surface area contributed by atoms with E-state index in [9.17, 15) is 8.42 Å². The second-order valence-electron chi connectivity index (χ2n) is 7.77. The van der Waals surface area contributed by atoms with Crippen LogP contribution in [0.3, 0.4) is 0 Å². The third kappa shape index (κ3) is 3.48. The maximum Gasteiger partial charge on any atom is 0.156 e. The molecule has 0 bridgehead atoms. The van der Waals surface area contributed by atoms with Crippen LogP contribution in [0, 0.1) is 5.92 Å². The predicted octanol–water partition coefficient (Wildman–Crippen LogP) is 3.60. The van der Waals surface area contributed by atoms with Gasteiger partial charge in [0.2, 0.25) is 0 Å². The number of rotatable bonds is 3. The van der Waals surface area contributed by atoms with Gasteiger partial charge in [0, 0.05) is 53.8 Å². The SMILES string of the molecule is CC(C)c1c(Br)cc(N2CC(C3CNCCS3(=O)=O)C2)c2cnc(Cl)cc12. The van der Waals surface area contributed by atoms with Crippen molar-refractivity contribution in [3.63, 3.8) is 0 Å². The minimum absolute atomic E-state index is 0.168. The fourth-order valence-electron chi connectivity index (χ4n) is 4.25. The van der Waals surface area contributed by atoms with Crippen molar-refractivity contribution in [3.05, 3.63) is 33.5 Å². The van der Waals surface area contributed by atoms with E-state index in [-0.39, 0.29) is 16.9 Å². The Hall–Kier alpha value is -0.890. The average molecular weight is 473 g/mol. The van der Waals surface area contributed by atoms with Crippen LogP contribution in [0.25, 0.3) is 10.8 Å². The van der Waals surface area contributed by atoms with E-state index < -0.39 is 9.84 Å². The molecule has 0 spiro atoms. The predicted molar refractivity (Wildman–Crippen MR) is 115 cm³/mol. The Morgan fingerprint density at radius 1 is 1.30 bits per heavy atom. The van der Waals surface area contributed by atoms with E-state index in [1.165, 1.54) is 5.56 Å². The fraction of sp³-hybridized carbons (Fsp3) is 0.526. The number of aromatic nitrogens is 1. The van der Waals surface area contributed by atoms with Gasteiger partial charge in [0.1, 0.15) is 5.15 Å². The van der Waals surface area contributed by atoms with E-state index in [1.807, 2.05) is 12.3 Å². The lowest BCUT2D eigenvalue weighted by molar-refractivity contribution is 0.367. The molecule has 0 saturated carbocycles. The molecule has 2 aromatic rings. The van der Waals surface area contributed by atoms with E-state index in [2.05, 4.69) is 51.0 Å². The van der Waals surface area contributed by atoms with Crippen LogP contribution in [-0.4, -0.2) is 50.6 Å². The van der Waals surface area contributed by atoms with Gasteiger partial charge in [-0.05, 0) is 29.0 Å². The Morgan fingerprint density at radius 2 is 2.04 bits per heavy atom. The Balaban J connectivity index is 1.67. The molecule has 5 nitrogen and oxygen atoms in total. The van der Waals surface area contributed by atoms with Gasteiger partial charge in [0.15, 0.2) is 9.84 Å². The molecule has 2 saturated heterocycles. The van der Waals surface area contributed by atoms with Gasteiger partial charge in [0.05, 0.1) is 11.0 Å². The number of benzene rings is 1. The summed E-state index contributed by atoms with van der Waals surface area (Å²) in [6.45, 7) is 6.94. The monoisotopic (exact) mass is 471 g/mol. The molecule has 0 aliphatic carbocycles. The molecule has 4 rings (SSSR count). The number of halogens is 2. The summed E-state index contributed by atoms with van der Waals surface area (Å²) in [6.07, 6.45) is 1.83. The van der Waals surface area contributed by atoms with E-state index in [4.69, 9.17) is 11.6 Å². The molecular weight excluding hydrogens is 450 g/mol. The molecule has 1 atom stereocenters. The smallest absolute Gasteiger partial charge is 0.156 e. The minimum atomic E-state index is -2.99. The largest absolute Gasteiger partial charge is 0.370 e. The van der Waals surface area contributed by atoms with Crippen LogP contribution in [0.5, 0.6) is 0 Å². The molecule has 0 radical (unpaired) electrons. The highest BCUT2D eigenvalue weighted by Gasteiger charge is 2.42. The summed E-state index contributed by atoms with van der Waals surface area (Å²) in [5.74, 6) is 0.757. The number of pyridine rings is 1. The van der Waals surface area contributed by atoms with E-state index >= 15 is 0 Å². The van der Waals surface area contributed by atoms with Crippen molar-refractivity contribution in [1.29, 1.82) is 0 Å². The zero-order valence-electron chi connectivity index (χ0n) is 15.4. The van der Waals surface area contributed by atoms with Crippen LogP contribution in [0.2, 0.25) is 5.15 Å². The lowest BCUT2D eigenvalue weighted by Crippen LogP contribution is -2.59. The maximum atomic E-state index is 12.4. The summed E-state index contributed by atoms with van der Waals surface area (Å²) >= 11 is 9.90. The van der Waals surface area contributed by atoms with Crippen LogP contribution in [-0.2, 0) is 9.84 Å². The van der Waals surface area contributed by atoms with Gasteiger partial charge in [-0.3, -0.25) is 0 Å². The number of hydrogen-bond donors (Lipinski definition) is 1. The molecule has 0 amide bonds. The molecule has 1 N–H and O–H groups in total. The molecule has 2 fully saturated rings. The highest BCUT2D eigenvalue weighted by Crippen LogP contribution is 2.41. The molecule has 2 aliphatic heterocycles. The van der Waals surface area contributed by atoms with E-state index in [1.54, 1.807) is 0 Å². The van der Waals surface area contributed by atoms with Crippen LogP contribution in [0.4, 0.5) is 5.69 Å². The van der Waals surface area contributed by atoms with Crippen molar-refractivity contribution in [2.45, 2.75) is 25.0 Å². The van der Waals surface area contributed by atoms with Gasteiger partial charge in [-0.25, -0.2) is 13.4 Å². The summed E-state index contributed by atoms with van der Waals surface area (Å²) in [5.41, 5.74) is 2.30. The Morgan fingerprint density at radius 3 is 2.70 bits per heavy atom. The van der Waals surface area contributed by atoms with Crippen LogP contribution >= 0.6 is 27.5 Å². The summed E-state index contributed by atoms with van der Waals surface area (Å²) in [4.78, 5) is 6.54. The topological polar surface area (TPSA) is 62.3 Å². The Bertz CT molecular complexity index is 990. The third-order valence-corrected chi connectivity index (χ3v) is 8.79. The zero-order chi connectivity index (χ0) is 19.3. The van der Waals surface area contributed by atoms with Gasteiger partial charge in [-0.2, -0.15) is 0 Å². The number of nitrogens with one attached hydrogen (secondary N) is 1. The van der Waals surface area contributed by atoms with Gasteiger partial charge in [0.25, 0.3) is 0 Å². The second kappa shape index (κ2) is 7.17. The van der Waals surface area contributed by atoms with Gasteiger partial charge < -0.3 is 10.2 Å². The molecule has 146 valence electrons. The lowest BCUT2D eigenvalue weighted by atomic mass is 9.91. The first-order chi connectivity index (χ1) is 12.8. The summed E-state index contributed by atoms with van der Waals surface area (Å²) in [7, 11) is -2.99. The quantitative estimate of drug-likeness (QED) is 0.692. The van der Waals surface area contributed by atoms with E-state index in [0.29, 0.717) is 24.2 Å². The Labute approximate surface area is 173 Å². The first kappa shape index (κ1) is 19.4. The van der Waals surface area contributed by atoms with Crippen molar-refractivity contribution in [2.24, 2.45) is 5.92 Å². The highest BCUT2D eigenvalue weighted by atomic mass is 79.9. The first-order valence-electron chi connectivity index (χ1n) is 9.23. The third-order valence-electron chi connectivity index (χ3n) is 5.68. The zero-order valence-corrected chi connectivity index (χ0v) is 18.5. The van der Waals surface area contributed by atoms with Crippen molar-refractivity contribution < 1.29 is 8.42 Å². The van der Waals surface area contributed by atoms with Gasteiger partial charge in [-0.1, -0.05) is 41.4 Å². The standard InChI is InChI=1S/C19H23BrClN3O2S/c1-11(2)19-13-5-18(21)23-7-14(13)16(6-15(19)20)24-9-12(10-24)17-8-22-3-4-27(17,25)26/h5-7,11-12,17,22H,3-4,8-10H2,1-2H3. The number of sulfone groups is 1. The van der Waals surface area contributed by atoms with Crippen LogP contribution < -0.4 is 10.2 Å². The average Bonchev–Trinajstić information content (AvgIpc) is 2.53. The van der Waals surface area contributed by atoms with Gasteiger partial charge in [-0.15, -0.1) is 0 Å². The summed E-state index contributed by atoms with van der Waals surface area (Å²) in [6, 6.07) is 4.06.